The van der Waals surface area contributed by atoms with Crippen molar-refractivity contribution < 1.29 is 14.7 Å². The molecule has 0 saturated heterocycles. The molecule has 1 aromatic rings. The maximum atomic E-state index is 11.5. The van der Waals surface area contributed by atoms with Crippen LogP contribution in [0.1, 0.15) is 32.1 Å². The molecule has 0 amide bonds. The van der Waals surface area contributed by atoms with Crippen LogP contribution in [0.15, 0.2) is 12.2 Å². The number of carbonyl (C=O) groups excluding carboxylic acids is 2. The lowest BCUT2D eigenvalue weighted by atomic mass is 9.92. The number of ketones is 2. The van der Waals surface area contributed by atoms with Gasteiger partial charge in [0.15, 0.2) is 11.6 Å². The lowest BCUT2D eigenvalue weighted by molar-refractivity contribution is 0.0990. The molecule has 0 atom stereocenters. The second-order valence-corrected chi connectivity index (χ2v) is 3.44. The number of nitrogens with zero attached hydrogens (tertiary/aromatic N) is 1. The van der Waals surface area contributed by atoms with E-state index in [0.29, 0.717) is 11.4 Å². The van der Waals surface area contributed by atoms with Crippen molar-refractivity contribution in [1.29, 1.82) is 0 Å². The Balaban J connectivity index is 2.87. The van der Waals surface area contributed by atoms with Crippen LogP contribution in [0.4, 0.5) is 0 Å². The average Bonchev–Trinajstić information content (AvgIpc) is 2.18. The number of carbonyl (C=O) groups is 2. The molecule has 1 aromatic heterocycles. The molecule has 15 heavy (non-hydrogen) atoms. The Morgan fingerprint density at radius 2 is 1.53 bits per heavy atom. The molecule has 0 radical (unpaired) electrons. The number of pyridine rings is 1. The van der Waals surface area contributed by atoms with Crippen LogP contribution in [0.3, 0.4) is 0 Å². The van der Waals surface area contributed by atoms with Crippen molar-refractivity contribution in [2.24, 2.45) is 0 Å². The van der Waals surface area contributed by atoms with Gasteiger partial charge in [-0.25, -0.2) is 0 Å². The van der Waals surface area contributed by atoms with Gasteiger partial charge >= 0.3 is 0 Å². The first-order chi connectivity index (χ1) is 7.02. The van der Waals surface area contributed by atoms with Crippen molar-refractivity contribution in [3.05, 3.63) is 34.7 Å². The lowest BCUT2D eigenvalue weighted by Crippen LogP contribution is -2.15. The number of aromatic hydroxyl groups is 1. The standard InChI is InChI=1S/C11H9NO3/c1-5-9-7(13)3-4-8(14)10(9)11(15)6(2)12-5/h3-4,15H,1-2H3. The number of hydrogen-bond donors (Lipinski definition) is 1. The molecule has 0 fully saturated rings. The first-order valence-corrected chi connectivity index (χ1v) is 4.49. The molecule has 0 aliphatic heterocycles. The fourth-order valence-electron chi connectivity index (χ4n) is 1.70. The summed E-state index contributed by atoms with van der Waals surface area (Å²) in [4.78, 5) is 27.1. The maximum absolute atomic E-state index is 11.5. The third-order valence-electron chi connectivity index (χ3n) is 2.41. The Kier molecular flexibility index (Phi) is 1.93. The Bertz CT molecular complexity index is 515. The van der Waals surface area contributed by atoms with Gasteiger partial charge in [-0.15, -0.1) is 0 Å². The van der Waals surface area contributed by atoms with Crippen molar-refractivity contribution in [3.8, 4) is 5.75 Å². The van der Waals surface area contributed by atoms with E-state index in [1.54, 1.807) is 13.8 Å². The molecule has 1 aliphatic rings. The minimum absolute atomic E-state index is 0.0764. The third kappa shape index (κ3) is 1.26. The summed E-state index contributed by atoms with van der Waals surface area (Å²) >= 11 is 0. The topological polar surface area (TPSA) is 67.3 Å². The lowest BCUT2D eigenvalue weighted by Gasteiger charge is -2.14. The molecule has 0 bridgehead atoms. The van der Waals surface area contributed by atoms with E-state index in [1.165, 1.54) is 12.2 Å². The fourth-order valence-corrected chi connectivity index (χ4v) is 1.70. The van der Waals surface area contributed by atoms with Crippen LogP contribution < -0.4 is 0 Å². The summed E-state index contributed by atoms with van der Waals surface area (Å²) in [5, 5.41) is 9.69. The highest BCUT2D eigenvalue weighted by molar-refractivity contribution is 6.23. The highest BCUT2D eigenvalue weighted by Gasteiger charge is 2.26. The summed E-state index contributed by atoms with van der Waals surface area (Å²) in [5.41, 5.74) is 1.13. The smallest absolute Gasteiger partial charge is 0.190 e. The van der Waals surface area contributed by atoms with Crippen molar-refractivity contribution in [1.82, 2.24) is 4.98 Å². The van der Waals surface area contributed by atoms with E-state index in [-0.39, 0.29) is 28.4 Å². The van der Waals surface area contributed by atoms with Crippen LogP contribution in [0.25, 0.3) is 0 Å². The molecule has 1 N–H and O–H groups in total. The second kappa shape index (κ2) is 3.02. The van der Waals surface area contributed by atoms with E-state index in [2.05, 4.69) is 4.98 Å². The molecular formula is C11H9NO3. The van der Waals surface area contributed by atoms with E-state index in [4.69, 9.17) is 0 Å². The van der Waals surface area contributed by atoms with Gasteiger partial charge in [-0.05, 0) is 26.0 Å². The second-order valence-electron chi connectivity index (χ2n) is 3.44. The highest BCUT2D eigenvalue weighted by atomic mass is 16.3. The maximum Gasteiger partial charge on any atom is 0.190 e. The zero-order valence-corrected chi connectivity index (χ0v) is 8.37. The van der Waals surface area contributed by atoms with Crippen LogP contribution in [0.2, 0.25) is 0 Å². The SMILES string of the molecule is Cc1nc(C)c2c(c1O)C(=O)C=CC2=O. The number of allylic oxidation sites excluding steroid dienone is 2. The van der Waals surface area contributed by atoms with Crippen LogP contribution >= 0.6 is 0 Å². The summed E-state index contributed by atoms with van der Waals surface area (Å²) in [6, 6.07) is 0. The molecule has 0 unspecified atom stereocenters. The predicted octanol–water partition coefficient (Wildman–Crippen LogP) is 1.34. The third-order valence-corrected chi connectivity index (χ3v) is 2.41. The molecule has 76 valence electrons. The van der Waals surface area contributed by atoms with Crippen LogP contribution in [-0.2, 0) is 0 Å². The Morgan fingerprint density at radius 3 is 2.13 bits per heavy atom. The normalized spacial score (nSPS) is 14.3. The van der Waals surface area contributed by atoms with E-state index in [0.717, 1.165) is 0 Å². The molecule has 0 aromatic carbocycles. The summed E-state index contributed by atoms with van der Waals surface area (Å²) in [5.74, 6) is -0.834. The highest BCUT2D eigenvalue weighted by Crippen LogP contribution is 2.29. The van der Waals surface area contributed by atoms with Gasteiger partial charge in [-0.1, -0.05) is 0 Å². The molecule has 1 aliphatic carbocycles. The summed E-state index contributed by atoms with van der Waals surface area (Å²) in [6.07, 6.45) is 2.37. The number of fused-ring (bicyclic) bond motifs is 1. The van der Waals surface area contributed by atoms with E-state index < -0.39 is 0 Å². The van der Waals surface area contributed by atoms with Gasteiger partial charge in [-0.3, -0.25) is 14.6 Å². The van der Waals surface area contributed by atoms with Gasteiger partial charge in [0.2, 0.25) is 0 Å². The minimum Gasteiger partial charge on any atom is -0.505 e. The van der Waals surface area contributed by atoms with Crippen molar-refractivity contribution in [3.63, 3.8) is 0 Å². The summed E-state index contributed by atoms with van der Waals surface area (Å²) < 4.78 is 0. The van der Waals surface area contributed by atoms with Gasteiger partial charge in [0.25, 0.3) is 0 Å². The molecule has 0 spiro atoms. The predicted molar refractivity (Wildman–Crippen MR) is 53.2 cm³/mol. The van der Waals surface area contributed by atoms with Crippen LogP contribution in [0.5, 0.6) is 5.75 Å². The number of hydrogen-bond acceptors (Lipinski definition) is 4. The van der Waals surface area contributed by atoms with Gasteiger partial charge in [0.1, 0.15) is 5.75 Å². The molecule has 2 rings (SSSR count). The van der Waals surface area contributed by atoms with Crippen molar-refractivity contribution >= 4 is 11.6 Å². The molecule has 4 heteroatoms. The molecular weight excluding hydrogens is 194 g/mol. The Morgan fingerprint density at radius 1 is 1.00 bits per heavy atom. The summed E-state index contributed by atoms with van der Waals surface area (Å²) in [7, 11) is 0. The number of aromatic nitrogens is 1. The molecule has 0 saturated carbocycles. The Hall–Kier alpha value is -1.97. The van der Waals surface area contributed by atoms with Gasteiger partial charge in [-0.2, -0.15) is 0 Å². The fraction of sp³-hybridized carbons (Fsp3) is 0.182. The zero-order chi connectivity index (χ0) is 11.2. The Labute approximate surface area is 86.3 Å². The van der Waals surface area contributed by atoms with Gasteiger partial charge in [0.05, 0.1) is 16.8 Å². The summed E-state index contributed by atoms with van der Waals surface area (Å²) in [6.45, 7) is 3.24. The van der Waals surface area contributed by atoms with Gasteiger partial charge < -0.3 is 5.11 Å². The number of aryl methyl sites for hydroxylation is 2. The van der Waals surface area contributed by atoms with E-state index in [9.17, 15) is 14.7 Å². The molecule has 4 nitrogen and oxygen atoms in total. The largest absolute Gasteiger partial charge is 0.505 e. The van der Waals surface area contributed by atoms with E-state index in [1.807, 2.05) is 0 Å². The first-order valence-electron chi connectivity index (χ1n) is 4.49. The zero-order valence-electron chi connectivity index (χ0n) is 8.37. The van der Waals surface area contributed by atoms with Crippen molar-refractivity contribution in [2.75, 3.05) is 0 Å². The monoisotopic (exact) mass is 203 g/mol. The van der Waals surface area contributed by atoms with E-state index >= 15 is 0 Å². The quantitative estimate of drug-likeness (QED) is 0.690. The number of rotatable bonds is 0. The first kappa shape index (κ1) is 9.58. The molecule has 1 heterocycles. The van der Waals surface area contributed by atoms with Crippen molar-refractivity contribution in [2.45, 2.75) is 13.8 Å². The average molecular weight is 203 g/mol. The van der Waals surface area contributed by atoms with Gasteiger partial charge in [0, 0.05) is 5.69 Å². The van der Waals surface area contributed by atoms with Crippen LogP contribution in [0, 0.1) is 13.8 Å². The van der Waals surface area contributed by atoms with Crippen LogP contribution in [-0.4, -0.2) is 21.7 Å². The minimum atomic E-state index is -0.351.